The molecular weight excluding hydrogens is 352 g/mol. The maximum atomic E-state index is 11.8. The quantitative estimate of drug-likeness (QED) is 0.343. The van der Waals surface area contributed by atoms with Gasteiger partial charge in [-0.3, -0.25) is 10.1 Å². The van der Waals surface area contributed by atoms with Crippen LogP contribution in [0.25, 0.3) is 22.4 Å². The molecular formula is C23H24N2O3. The second-order valence-corrected chi connectivity index (χ2v) is 6.63. The van der Waals surface area contributed by atoms with E-state index in [2.05, 4.69) is 18.8 Å². The minimum absolute atomic E-state index is 0.0186. The lowest BCUT2D eigenvalue weighted by Gasteiger charge is -2.19. The van der Waals surface area contributed by atoms with E-state index in [9.17, 15) is 10.1 Å². The predicted molar refractivity (Wildman–Crippen MR) is 111 cm³/mol. The average molecular weight is 376 g/mol. The van der Waals surface area contributed by atoms with Gasteiger partial charge in [-0.15, -0.1) is 0 Å². The number of nitrogens with zero attached hydrogens (tertiary/aromatic N) is 2. The molecule has 144 valence electrons. The fraction of sp³-hybridized carbons (Fsp3) is 0.261. The van der Waals surface area contributed by atoms with Gasteiger partial charge in [-0.05, 0) is 18.4 Å². The molecule has 0 fully saturated rings. The SMILES string of the molecule is CCCC(CC)Oc1nc(-c2ccccc2)c([N+](=O)[O-])cc1-c1ccccc1. The summed E-state index contributed by atoms with van der Waals surface area (Å²) >= 11 is 0. The largest absolute Gasteiger partial charge is 0.474 e. The van der Waals surface area contributed by atoms with Gasteiger partial charge < -0.3 is 4.74 Å². The molecule has 0 N–H and O–H groups in total. The molecule has 1 unspecified atom stereocenters. The molecule has 2 aromatic carbocycles. The lowest BCUT2D eigenvalue weighted by atomic mass is 10.0. The van der Waals surface area contributed by atoms with Crippen molar-refractivity contribution in [3.63, 3.8) is 0 Å². The summed E-state index contributed by atoms with van der Waals surface area (Å²) in [7, 11) is 0. The van der Waals surface area contributed by atoms with Gasteiger partial charge in [0.2, 0.25) is 5.88 Å². The van der Waals surface area contributed by atoms with Crippen LogP contribution in [0.5, 0.6) is 5.88 Å². The van der Waals surface area contributed by atoms with Crippen molar-refractivity contribution in [2.45, 2.75) is 39.2 Å². The van der Waals surface area contributed by atoms with E-state index in [1.807, 2.05) is 60.7 Å². The van der Waals surface area contributed by atoms with Crippen LogP contribution in [0, 0.1) is 10.1 Å². The molecule has 0 spiro atoms. The minimum atomic E-state index is -0.380. The standard InChI is InChI=1S/C23H24N2O3/c1-3-11-19(4-2)28-23-20(17-12-7-5-8-13-17)16-21(25(26)27)22(24-23)18-14-9-6-10-15-18/h5-10,12-16,19H,3-4,11H2,1-2H3. The highest BCUT2D eigenvalue weighted by atomic mass is 16.6. The third-order valence-corrected chi connectivity index (χ3v) is 4.64. The molecule has 0 radical (unpaired) electrons. The fourth-order valence-corrected chi connectivity index (χ4v) is 3.17. The van der Waals surface area contributed by atoms with E-state index >= 15 is 0 Å². The highest BCUT2D eigenvalue weighted by molar-refractivity contribution is 5.78. The summed E-state index contributed by atoms with van der Waals surface area (Å²) in [6, 6.07) is 20.3. The third-order valence-electron chi connectivity index (χ3n) is 4.64. The molecule has 3 aromatic rings. The van der Waals surface area contributed by atoms with Crippen LogP contribution in [-0.4, -0.2) is 16.0 Å². The molecule has 5 heteroatoms. The van der Waals surface area contributed by atoms with E-state index in [1.165, 1.54) is 0 Å². The smallest absolute Gasteiger partial charge is 0.296 e. The van der Waals surface area contributed by atoms with Crippen molar-refractivity contribution in [1.29, 1.82) is 0 Å². The zero-order valence-electron chi connectivity index (χ0n) is 16.2. The Bertz CT molecular complexity index is 927. The third kappa shape index (κ3) is 4.36. The van der Waals surface area contributed by atoms with Crippen molar-refractivity contribution in [1.82, 2.24) is 4.98 Å². The van der Waals surface area contributed by atoms with Crippen molar-refractivity contribution < 1.29 is 9.66 Å². The van der Waals surface area contributed by atoms with Crippen molar-refractivity contribution in [3.8, 4) is 28.3 Å². The molecule has 3 rings (SSSR count). The maximum absolute atomic E-state index is 11.8. The molecule has 0 aliphatic carbocycles. The van der Waals surface area contributed by atoms with Crippen LogP contribution >= 0.6 is 0 Å². The molecule has 1 atom stereocenters. The van der Waals surface area contributed by atoms with Gasteiger partial charge >= 0.3 is 0 Å². The van der Waals surface area contributed by atoms with Gasteiger partial charge in [-0.2, -0.15) is 0 Å². The van der Waals surface area contributed by atoms with Crippen molar-refractivity contribution in [3.05, 3.63) is 76.8 Å². The Hall–Kier alpha value is -3.21. The van der Waals surface area contributed by atoms with Gasteiger partial charge in [-0.25, -0.2) is 4.98 Å². The van der Waals surface area contributed by atoms with Crippen LogP contribution < -0.4 is 4.74 Å². The van der Waals surface area contributed by atoms with Crippen LogP contribution in [0.4, 0.5) is 5.69 Å². The van der Waals surface area contributed by atoms with Crippen LogP contribution in [0.2, 0.25) is 0 Å². The first-order chi connectivity index (χ1) is 13.6. The lowest BCUT2D eigenvalue weighted by Crippen LogP contribution is -2.16. The molecule has 0 bridgehead atoms. The van der Waals surface area contributed by atoms with Crippen LogP contribution in [-0.2, 0) is 0 Å². The van der Waals surface area contributed by atoms with Gasteiger partial charge in [0.1, 0.15) is 6.10 Å². The van der Waals surface area contributed by atoms with Crippen molar-refractivity contribution in [2.24, 2.45) is 0 Å². The number of hydrogen-bond donors (Lipinski definition) is 0. The first kappa shape index (κ1) is 19.5. The van der Waals surface area contributed by atoms with Crippen molar-refractivity contribution in [2.75, 3.05) is 0 Å². The molecule has 0 saturated heterocycles. The maximum Gasteiger partial charge on any atom is 0.296 e. The van der Waals surface area contributed by atoms with Crippen LogP contribution in [0.1, 0.15) is 33.1 Å². The Labute approximate surface area is 165 Å². The number of benzene rings is 2. The number of aromatic nitrogens is 1. The second-order valence-electron chi connectivity index (χ2n) is 6.63. The average Bonchev–Trinajstić information content (AvgIpc) is 2.74. The van der Waals surface area contributed by atoms with Crippen LogP contribution in [0.15, 0.2) is 66.7 Å². The normalized spacial score (nSPS) is 11.8. The second kappa shape index (κ2) is 9.13. The summed E-state index contributed by atoms with van der Waals surface area (Å²) in [5.74, 6) is 0.441. The van der Waals surface area contributed by atoms with Crippen LogP contribution in [0.3, 0.4) is 0 Å². The van der Waals surface area contributed by atoms with Crippen molar-refractivity contribution >= 4 is 5.69 Å². The molecule has 0 saturated carbocycles. The Morgan fingerprint density at radius 3 is 2.14 bits per heavy atom. The number of nitro groups is 1. The highest BCUT2D eigenvalue weighted by Crippen LogP contribution is 2.38. The summed E-state index contributed by atoms with van der Waals surface area (Å²) < 4.78 is 6.25. The summed E-state index contributed by atoms with van der Waals surface area (Å²) in [6.45, 7) is 4.19. The molecule has 28 heavy (non-hydrogen) atoms. The van der Waals surface area contributed by atoms with Gasteiger partial charge in [-0.1, -0.05) is 80.9 Å². The van der Waals surface area contributed by atoms with E-state index in [1.54, 1.807) is 6.07 Å². The molecule has 5 nitrogen and oxygen atoms in total. The summed E-state index contributed by atoms with van der Waals surface area (Å²) in [6.07, 6.45) is 2.77. The van der Waals surface area contributed by atoms with E-state index in [4.69, 9.17) is 4.74 Å². The summed E-state index contributed by atoms with van der Waals surface area (Å²) in [4.78, 5) is 16.1. The first-order valence-corrected chi connectivity index (χ1v) is 9.61. The van der Waals surface area contributed by atoms with Gasteiger partial charge in [0.15, 0.2) is 5.69 Å². The van der Waals surface area contributed by atoms with E-state index in [0.29, 0.717) is 22.7 Å². The summed E-state index contributed by atoms with van der Waals surface area (Å²) in [5.41, 5.74) is 2.48. The monoisotopic (exact) mass is 376 g/mol. The zero-order valence-corrected chi connectivity index (χ0v) is 16.2. The molecule has 0 amide bonds. The zero-order chi connectivity index (χ0) is 19.9. The Morgan fingerprint density at radius 1 is 1.00 bits per heavy atom. The number of rotatable bonds is 8. The fourth-order valence-electron chi connectivity index (χ4n) is 3.17. The van der Waals surface area contributed by atoms with Gasteiger partial charge in [0.05, 0.1) is 10.5 Å². The summed E-state index contributed by atoms with van der Waals surface area (Å²) in [5, 5.41) is 11.8. The van der Waals surface area contributed by atoms with E-state index < -0.39 is 0 Å². The topological polar surface area (TPSA) is 65.3 Å². The van der Waals surface area contributed by atoms with E-state index in [-0.39, 0.29) is 16.7 Å². The Kier molecular flexibility index (Phi) is 6.37. The Balaban J connectivity index is 2.20. The first-order valence-electron chi connectivity index (χ1n) is 9.61. The predicted octanol–water partition coefficient (Wildman–Crippen LogP) is 6.28. The number of pyridine rings is 1. The molecule has 1 aromatic heterocycles. The number of ether oxygens (including phenoxy) is 1. The van der Waals surface area contributed by atoms with Gasteiger partial charge in [0.25, 0.3) is 5.69 Å². The molecule has 0 aliphatic rings. The van der Waals surface area contributed by atoms with Gasteiger partial charge in [0, 0.05) is 11.6 Å². The lowest BCUT2D eigenvalue weighted by molar-refractivity contribution is -0.384. The van der Waals surface area contributed by atoms with E-state index in [0.717, 1.165) is 24.8 Å². The molecule has 1 heterocycles. The Morgan fingerprint density at radius 2 is 1.61 bits per heavy atom. The highest BCUT2D eigenvalue weighted by Gasteiger charge is 2.24. The minimum Gasteiger partial charge on any atom is -0.474 e. The molecule has 0 aliphatic heterocycles. The number of hydrogen-bond acceptors (Lipinski definition) is 4.